The van der Waals surface area contributed by atoms with E-state index in [1.165, 1.54) is 6.07 Å². The van der Waals surface area contributed by atoms with Crippen LogP contribution in [0.4, 0.5) is 4.39 Å². The Balaban J connectivity index is 2.35. The predicted octanol–water partition coefficient (Wildman–Crippen LogP) is 3.55. The maximum atomic E-state index is 13.5. The van der Waals surface area contributed by atoms with Crippen LogP contribution in [0.2, 0.25) is 10.2 Å². The molecule has 0 saturated heterocycles. The van der Waals surface area contributed by atoms with Crippen LogP contribution in [-0.2, 0) is 0 Å². The van der Waals surface area contributed by atoms with Gasteiger partial charge < -0.3 is 0 Å². The molecular weight excluding hydrogens is 290 g/mol. The van der Waals surface area contributed by atoms with Crippen LogP contribution >= 0.6 is 23.2 Å². The van der Waals surface area contributed by atoms with Crippen molar-refractivity contribution in [1.82, 2.24) is 19.6 Å². The minimum absolute atomic E-state index is 0.00569. The minimum atomic E-state index is -0.504. The molecule has 0 saturated carbocycles. The van der Waals surface area contributed by atoms with Crippen LogP contribution < -0.4 is 0 Å². The average Bonchev–Trinajstić information content (AvgIpc) is 2.76. The largest absolute Gasteiger partial charge is 0.263 e. The summed E-state index contributed by atoms with van der Waals surface area (Å²) in [5.41, 5.74) is 0.995. The lowest BCUT2D eigenvalue weighted by molar-refractivity contribution is 0.628. The maximum absolute atomic E-state index is 13.5. The SMILES string of the molecule is Cc1nc(Cl)cc2nnc(-c3cccc(F)c3Cl)n12. The molecule has 3 aromatic rings. The van der Waals surface area contributed by atoms with E-state index < -0.39 is 5.82 Å². The molecule has 96 valence electrons. The molecule has 7 heteroatoms. The van der Waals surface area contributed by atoms with E-state index in [0.717, 1.165) is 0 Å². The molecule has 2 heterocycles. The highest BCUT2D eigenvalue weighted by Gasteiger charge is 2.16. The van der Waals surface area contributed by atoms with E-state index in [-0.39, 0.29) is 5.02 Å². The van der Waals surface area contributed by atoms with Crippen LogP contribution in [0.3, 0.4) is 0 Å². The third-order valence-corrected chi connectivity index (χ3v) is 3.30. The molecule has 0 aliphatic heterocycles. The first kappa shape index (κ1) is 12.3. The summed E-state index contributed by atoms with van der Waals surface area (Å²) in [4.78, 5) is 4.12. The maximum Gasteiger partial charge on any atom is 0.171 e. The van der Waals surface area contributed by atoms with Gasteiger partial charge in [0.2, 0.25) is 0 Å². The van der Waals surface area contributed by atoms with Gasteiger partial charge in [-0.1, -0.05) is 29.3 Å². The van der Waals surface area contributed by atoms with E-state index in [0.29, 0.717) is 28.0 Å². The van der Waals surface area contributed by atoms with E-state index in [9.17, 15) is 4.39 Å². The monoisotopic (exact) mass is 296 g/mol. The molecule has 2 aromatic heterocycles. The van der Waals surface area contributed by atoms with Gasteiger partial charge in [0.25, 0.3) is 0 Å². The summed E-state index contributed by atoms with van der Waals surface area (Å²) in [7, 11) is 0. The standard InChI is InChI=1S/C12H7Cl2FN4/c1-6-16-9(13)5-10-17-18-12(19(6)10)7-3-2-4-8(15)11(7)14/h2-5H,1H3. The average molecular weight is 297 g/mol. The first-order valence-corrected chi connectivity index (χ1v) is 6.16. The second-order valence-electron chi connectivity index (χ2n) is 3.94. The Bertz CT molecular complexity index is 785. The van der Waals surface area contributed by atoms with Gasteiger partial charge in [0.15, 0.2) is 11.5 Å². The topological polar surface area (TPSA) is 43.1 Å². The lowest BCUT2D eigenvalue weighted by Gasteiger charge is -2.05. The number of hydrogen-bond acceptors (Lipinski definition) is 3. The molecule has 3 rings (SSSR count). The van der Waals surface area contributed by atoms with Gasteiger partial charge in [-0.3, -0.25) is 4.40 Å². The predicted molar refractivity (Wildman–Crippen MR) is 70.9 cm³/mol. The Labute approximate surface area is 117 Å². The molecule has 0 amide bonds. The van der Waals surface area contributed by atoms with Crippen LogP contribution in [0, 0.1) is 12.7 Å². The summed E-state index contributed by atoms with van der Waals surface area (Å²) in [6.45, 7) is 1.76. The molecule has 0 spiro atoms. The second kappa shape index (κ2) is 4.43. The molecule has 0 radical (unpaired) electrons. The molecule has 0 aliphatic rings. The number of fused-ring (bicyclic) bond motifs is 1. The normalized spacial score (nSPS) is 11.2. The minimum Gasteiger partial charge on any atom is -0.263 e. The Morgan fingerprint density at radius 1 is 1.21 bits per heavy atom. The molecule has 19 heavy (non-hydrogen) atoms. The number of aryl methyl sites for hydroxylation is 1. The number of aromatic nitrogens is 4. The molecule has 0 unspecified atom stereocenters. The van der Waals surface area contributed by atoms with Gasteiger partial charge in [-0.2, -0.15) is 0 Å². The Morgan fingerprint density at radius 2 is 2.00 bits per heavy atom. The molecule has 4 nitrogen and oxygen atoms in total. The number of halogens is 3. The molecular formula is C12H7Cl2FN4. The first-order valence-electron chi connectivity index (χ1n) is 5.40. The zero-order valence-corrected chi connectivity index (χ0v) is 11.2. The Kier molecular flexibility index (Phi) is 2.88. The fraction of sp³-hybridized carbons (Fsp3) is 0.0833. The second-order valence-corrected chi connectivity index (χ2v) is 4.71. The third-order valence-electron chi connectivity index (χ3n) is 2.72. The van der Waals surface area contributed by atoms with E-state index >= 15 is 0 Å². The van der Waals surface area contributed by atoms with Crippen molar-refractivity contribution in [2.75, 3.05) is 0 Å². The van der Waals surface area contributed by atoms with E-state index in [1.54, 1.807) is 29.5 Å². The van der Waals surface area contributed by atoms with Gasteiger partial charge in [0.05, 0.1) is 5.02 Å². The number of rotatable bonds is 1. The van der Waals surface area contributed by atoms with Crippen molar-refractivity contribution in [1.29, 1.82) is 0 Å². The van der Waals surface area contributed by atoms with Crippen molar-refractivity contribution in [2.24, 2.45) is 0 Å². The Hall–Kier alpha value is -1.72. The fourth-order valence-corrected chi connectivity index (χ4v) is 2.33. The van der Waals surface area contributed by atoms with Crippen LogP contribution in [0.1, 0.15) is 5.82 Å². The van der Waals surface area contributed by atoms with Crippen LogP contribution in [0.25, 0.3) is 17.0 Å². The van der Waals surface area contributed by atoms with E-state index in [2.05, 4.69) is 15.2 Å². The van der Waals surface area contributed by atoms with E-state index in [4.69, 9.17) is 23.2 Å². The third kappa shape index (κ3) is 1.95. The number of hydrogen-bond donors (Lipinski definition) is 0. The van der Waals surface area contributed by atoms with E-state index in [1.807, 2.05) is 0 Å². The van der Waals surface area contributed by atoms with Gasteiger partial charge in [-0.05, 0) is 19.1 Å². The lowest BCUT2D eigenvalue weighted by atomic mass is 10.2. The smallest absolute Gasteiger partial charge is 0.171 e. The van der Waals surface area contributed by atoms with Crippen molar-refractivity contribution in [3.63, 3.8) is 0 Å². The summed E-state index contributed by atoms with van der Waals surface area (Å²) < 4.78 is 15.2. The molecule has 0 bridgehead atoms. The summed E-state index contributed by atoms with van der Waals surface area (Å²) in [5, 5.41) is 8.36. The summed E-state index contributed by atoms with van der Waals surface area (Å²) >= 11 is 11.8. The molecule has 0 aliphatic carbocycles. The van der Waals surface area contributed by atoms with Crippen LogP contribution in [0.15, 0.2) is 24.3 Å². The van der Waals surface area contributed by atoms with Crippen molar-refractivity contribution in [2.45, 2.75) is 6.92 Å². The zero-order valence-electron chi connectivity index (χ0n) is 9.73. The summed E-state index contributed by atoms with van der Waals surface area (Å²) in [6, 6.07) is 6.11. The lowest BCUT2D eigenvalue weighted by Crippen LogP contribution is -1.98. The highest BCUT2D eigenvalue weighted by Crippen LogP contribution is 2.29. The van der Waals surface area contributed by atoms with Gasteiger partial charge >= 0.3 is 0 Å². The Morgan fingerprint density at radius 3 is 2.79 bits per heavy atom. The highest BCUT2D eigenvalue weighted by atomic mass is 35.5. The molecule has 0 atom stereocenters. The van der Waals surface area contributed by atoms with Crippen molar-refractivity contribution < 1.29 is 4.39 Å². The summed E-state index contributed by atoms with van der Waals surface area (Å²) in [5.74, 6) is 0.527. The number of nitrogens with zero attached hydrogens (tertiary/aromatic N) is 4. The molecule has 0 N–H and O–H groups in total. The quantitative estimate of drug-likeness (QED) is 0.645. The first-order chi connectivity index (χ1) is 9.08. The fourth-order valence-electron chi connectivity index (χ4n) is 1.90. The van der Waals surface area contributed by atoms with Crippen LogP contribution in [0.5, 0.6) is 0 Å². The van der Waals surface area contributed by atoms with Gasteiger partial charge in [0, 0.05) is 11.6 Å². The van der Waals surface area contributed by atoms with Gasteiger partial charge in [-0.15, -0.1) is 10.2 Å². The molecule has 0 fully saturated rings. The zero-order chi connectivity index (χ0) is 13.6. The molecule has 1 aromatic carbocycles. The van der Waals surface area contributed by atoms with Gasteiger partial charge in [-0.25, -0.2) is 9.37 Å². The van der Waals surface area contributed by atoms with Crippen LogP contribution in [-0.4, -0.2) is 19.6 Å². The highest BCUT2D eigenvalue weighted by molar-refractivity contribution is 6.33. The van der Waals surface area contributed by atoms with Crippen molar-refractivity contribution in [3.8, 4) is 11.4 Å². The number of benzene rings is 1. The summed E-state index contributed by atoms with van der Waals surface area (Å²) in [6.07, 6.45) is 0. The van der Waals surface area contributed by atoms with Gasteiger partial charge in [0.1, 0.15) is 16.8 Å². The van der Waals surface area contributed by atoms with Crippen molar-refractivity contribution >= 4 is 28.8 Å². The van der Waals surface area contributed by atoms with Crippen molar-refractivity contribution in [3.05, 3.63) is 46.1 Å².